The maximum absolute atomic E-state index is 13.8. The number of ketones is 1. The van der Waals surface area contributed by atoms with Crippen molar-refractivity contribution in [2.45, 2.75) is 92.4 Å². The number of carboxylic acids is 1. The van der Waals surface area contributed by atoms with Crippen LogP contribution >= 0.6 is 0 Å². The Morgan fingerprint density at radius 2 is 1.62 bits per heavy atom. The number of alkyl halides is 2. The largest absolute Gasteiger partial charge is 0.480 e. The molecule has 0 radical (unpaired) electrons. The third kappa shape index (κ3) is 6.75. The molecule has 1 heterocycles. The van der Waals surface area contributed by atoms with Crippen molar-refractivity contribution in [3.63, 3.8) is 0 Å². The summed E-state index contributed by atoms with van der Waals surface area (Å²) in [6.45, 7) is 13.7. The minimum absolute atomic E-state index is 0.00939. The van der Waals surface area contributed by atoms with E-state index in [2.05, 4.69) is 16.0 Å². The van der Waals surface area contributed by atoms with Crippen LogP contribution in [-0.2, 0) is 19.2 Å². The van der Waals surface area contributed by atoms with Gasteiger partial charge >= 0.3 is 12.0 Å². The number of halogens is 2. The Hall–Kier alpha value is -2.79. The molecule has 2 rings (SSSR count). The van der Waals surface area contributed by atoms with E-state index in [0.717, 1.165) is 6.92 Å². The van der Waals surface area contributed by atoms with E-state index in [1.807, 2.05) is 13.8 Å². The smallest absolute Gasteiger partial charge is 0.326 e. The van der Waals surface area contributed by atoms with Crippen molar-refractivity contribution >= 4 is 29.6 Å². The number of rotatable bonds is 10. The van der Waals surface area contributed by atoms with Crippen LogP contribution in [0, 0.1) is 28.6 Å². The number of likely N-dealkylation sites (tertiary alicyclic amines) is 1. The Morgan fingerprint density at radius 3 is 2.05 bits per heavy atom. The maximum Gasteiger partial charge on any atom is 0.326 e. The number of fused-ring (bicyclic) bond motifs is 1. The van der Waals surface area contributed by atoms with Crippen molar-refractivity contribution in [1.82, 2.24) is 20.9 Å². The van der Waals surface area contributed by atoms with E-state index >= 15 is 0 Å². The zero-order valence-electron chi connectivity index (χ0n) is 22.7. The number of nitrogens with one attached hydrogen (secondary N) is 3. The molecular formula is C25H40F2N4O6. The minimum Gasteiger partial charge on any atom is -0.480 e. The highest BCUT2D eigenvalue weighted by atomic mass is 19.3. The molecule has 1 aliphatic carbocycles. The maximum atomic E-state index is 13.8. The number of aliphatic carboxylic acids is 1. The number of hydrogen-bond acceptors (Lipinski definition) is 5. The fourth-order valence-electron chi connectivity index (χ4n) is 5.22. The first kappa shape index (κ1) is 30.4. The van der Waals surface area contributed by atoms with Crippen molar-refractivity contribution in [1.29, 1.82) is 0 Å². The summed E-state index contributed by atoms with van der Waals surface area (Å²) in [5.74, 6) is -3.71. The second-order valence-corrected chi connectivity index (χ2v) is 12.2. The van der Waals surface area contributed by atoms with Gasteiger partial charge in [0, 0.05) is 13.0 Å². The lowest BCUT2D eigenvalue weighted by Crippen LogP contribution is -2.62. The van der Waals surface area contributed by atoms with Crippen LogP contribution in [0.1, 0.15) is 61.8 Å². The predicted molar refractivity (Wildman–Crippen MR) is 131 cm³/mol. The summed E-state index contributed by atoms with van der Waals surface area (Å²) in [4.78, 5) is 64.5. The lowest BCUT2D eigenvalue weighted by Gasteiger charge is -2.38. The van der Waals surface area contributed by atoms with Crippen LogP contribution in [-0.4, -0.2) is 76.7 Å². The highest BCUT2D eigenvalue weighted by Crippen LogP contribution is 2.65. The quantitative estimate of drug-likeness (QED) is 0.340. The molecule has 2 aliphatic rings. The van der Waals surface area contributed by atoms with Crippen LogP contribution in [0.15, 0.2) is 0 Å². The monoisotopic (exact) mass is 530 g/mol. The normalized spacial score (nSPS) is 24.6. The van der Waals surface area contributed by atoms with E-state index < -0.39 is 77.9 Å². The summed E-state index contributed by atoms with van der Waals surface area (Å²) >= 11 is 0. The van der Waals surface area contributed by atoms with E-state index in [9.17, 15) is 37.9 Å². The van der Waals surface area contributed by atoms with E-state index in [4.69, 9.17) is 0 Å². The Morgan fingerprint density at radius 1 is 1.05 bits per heavy atom. The summed E-state index contributed by atoms with van der Waals surface area (Å²) in [5, 5.41) is 16.7. The number of Topliss-reactive ketones (excluding diaryl/α,β-unsaturated/α-hetero) is 1. The van der Waals surface area contributed by atoms with Crippen LogP contribution in [0.4, 0.5) is 13.6 Å². The molecule has 10 nitrogen and oxygen atoms in total. The van der Waals surface area contributed by atoms with Gasteiger partial charge in [-0.05, 0) is 35.5 Å². The zero-order chi connectivity index (χ0) is 28.6. The average molecular weight is 531 g/mol. The Kier molecular flexibility index (Phi) is 8.97. The van der Waals surface area contributed by atoms with Gasteiger partial charge in [-0.1, -0.05) is 48.5 Å². The van der Waals surface area contributed by atoms with Gasteiger partial charge in [-0.3, -0.25) is 14.4 Å². The number of piperidine rings is 1. The first-order valence-electron chi connectivity index (χ1n) is 12.5. The number of carbonyl (C=O) groups is 5. The molecule has 2 unspecified atom stereocenters. The van der Waals surface area contributed by atoms with Gasteiger partial charge in [0.05, 0.1) is 6.04 Å². The summed E-state index contributed by atoms with van der Waals surface area (Å²) in [6, 6.07) is -5.50. The molecule has 4 amide bonds. The van der Waals surface area contributed by atoms with Gasteiger partial charge in [0.25, 0.3) is 0 Å². The molecule has 0 aromatic heterocycles. The van der Waals surface area contributed by atoms with Gasteiger partial charge < -0.3 is 26.0 Å². The number of carbonyl (C=O) groups excluding carboxylic acids is 4. The van der Waals surface area contributed by atoms with E-state index in [1.165, 1.54) is 4.90 Å². The molecule has 12 heteroatoms. The Bertz CT molecular complexity index is 933. The summed E-state index contributed by atoms with van der Waals surface area (Å²) in [5.41, 5.74) is -1.08. The van der Waals surface area contributed by atoms with E-state index in [-0.39, 0.29) is 23.8 Å². The fraction of sp³-hybridized carbons (Fsp3) is 0.800. The van der Waals surface area contributed by atoms with Crippen LogP contribution in [0.25, 0.3) is 0 Å². The number of urea groups is 1. The van der Waals surface area contributed by atoms with Gasteiger partial charge in [0.2, 0.25) is 18.2 Å². The molecule has 4 N–H and O–H groups in total. The number of amides is 4. The first-order valence-corrected chi connectivity index (χ1v) is 12.5. The van der Waals surface area contributed by atoms with Gasteiger partial charge in [-0.2, -0.15) is 0 Å². The highest BCUT2D eigenvalue weighted by Gasteiger charge is 2.69. The fourth-order valence-corrected chi connectivity index (χ4v) is 5.22. The molecular weight excluding hydrogens is 490 g/mol. The number of carboxylic acid groups (broad SMARTS) is 1. The van der Waals surface area contributed by atoms with Crippen molar-refractivity contribution < 1.29 is 37.9 Å². The minimum atomic E-state index is -2.80. The summed E-state index contributed by atoms with van der Waals surface area (Å²) in [6.07, 6.45) is -3.62. The topological polar surface area (TPSA) is 145 Å². The molecule has 1 aliphatic heterocycles. The van der Waals surface area contributed by atoms with Gasteiger partial charge in [-0.15, -0.1) is 0 Å². The summed E-state index contributed by atoms with van der Waals surface area (Å²) < 4.78 is 26.0. The van der Waals surface area contributed by atoms with Crippen molar-refractivity contribution in [3.8, 4) is 0 Å². The van der Waals surface area contributed by atoms with Crippen LogP contribution in [0.5, 0.6) is 0 Å². The molecule has 6 atom stereocenters. The molecule has 0 spiro atoms. The van der Waals surface area contributed by atoms with Gasteiger partial charge in [0.15, 0.2) is 5.78 Å². The molecule has 0 bridgehead atoms. The second-order valence-electron chi connectivity index (χ2n) is 12.2. The molecule has 210 valence electrons. The molecule has 37 heavy (non-hydrogen) atoms. The Labute approximate surface area is 216 Å². The summed E-state index contributed by atoms with van der Waals surface area (Å²) in [7, 11) is 0. The lowest BCUT2D eigenvalue weighted by molar-refractivity contribution is -0.144. The highest BCUT2D eigenvalue weighted by molar-refractivity contribution is 5.96. The van der Waals surface area contributed by atoms with Gasteiger partial charge in [-0.25, -0.2) is 18.4 Å². The van der Waals surface area contributed by atoms with Gasteiger partial charge in [0.1, 0.15) is 18.1 Å². The standard InChI is InChI=1S/C25H40F2N4O6/c1-11(2)17(22(35)36)29-23(37)30-19(24(4,5)6)21(34)31-10-13-16(25(13,7)8)18(31)20(33)28-14(12(3)32)9-15(26)27/h11,13-19H,9-10H2,1-8H3,(H,28,33)(H,35,36)(H2,29,30,37)/t13?,14-,16?,17-,18-,19+/m0/s1. The molecule has 0 aromatic rings. The molecule has 1 saturated carbocycles. The molecule has 2 fully saturated rings. The van der Waals surface area contributed by atoms with Crippen molar-refractivity contribution in [2.75, 3.05) is 6.54 Å². The Balaban J connectivity index is 2.29. The first-order chi connectivity index (χ1) is 16.8. The van der Waals surface area contributed by atoms with Crippen LogP contribution in [0.3, 0.4) is 0 Å². The van der Waals surface area contributed by atoms with Crippen LogP contribution in [0.2, 0.25) is 0 Å². The molecule has 1 saturated heterocycles. The predicted octanol–water partition coefficient (Wildman–Crippen LogP) is 2.02. The van der Waals surface area contributed by atoms with Crippen molar-refractivity contribution in [3.05, 3.63) is 0 Å². The average Bonchev–Trinajstić information content (AvgIpc) is 3.07. The third-order valence-electron chi connectivity index (χ3n) is 7.59. The third-order valence-corrected chi connectivity index (χ3v) is 7.59. The van der Waals surface area contributed by atoms with Crippen LogP contribution < -0.4 is 16.0 Å². The van der Waals surface area contributed by atoms with E-state index in [0.29, 0.717) is 0 Å². The number of nitrogens with zero attached hydrogens (tertiary/aromatic N) is 1. The van der Waals surface area contributed by atoms with E-state index in [1.54, 1.807) is 34.6 Å². The molecule has 0 aromatic carbocycles. The number of hydrogen-bond donors (Lipinski definition) is 4. The second kappa shape index (κ2) is 10.9. The SMILES string of the molecule is CC(=O)[C@H](CC(F)F)NC(=O)[C@@H]1C2C(CN1C(=O)[C@@H](NC(=O)N[C@H](C(=O)O)C(C)C)C(C)(C)C)C2(C)C. The zero-order valence-corrected chi connectivity index (χ0v) is 22.7. The van der Waals surface area contributed by atoms with Crippen molar-refractivity contribution in [2.24, 2.45) is 28.6 Å². The lowest BCUT2D eigenvalue weighted by atomic mass is 9.85.